The number of ether oxygens (including phenoxy) is 1. The molecule has 0 aromatic carbocycles. The van der Waals surface area contributed by atoms with Crippen LogP contribution in [0.3, 0.4) is 0 Å². The summed E-state index contributed by atoms with van der Waals surface area (Å²) in [6, 6.07) is -1.06. The van der Waals surface area contributed by atoms with Gasteiger partial charge in [-0.15, -0.1) is 0 Å². The van der Waals surface area contributed by atoms with Crippen molar-refractivity contribution in [2.75, 3.05) is 0 Å². The summed E-state index contributed by atoms with van der Waals surface area (Å²) in [5.74, 6) is -2.45. The largest absolute Gasteiger partial charge is 1.00 e. The van der Waals surface area contributed by atoms with Gasteiger partial charge >= 0.3 is 47.5 Å². The summed E-state index contributed by atoms with van der Waals surface area (Å²) >= 11 is 0. The molecule has 0 aromatic rings. The molecule has 142 valence electrons. The minimum atomic E-state index is -1.06. The van der Waals surface area contributed by atoms with E-state index in [0.29, 0.717) is 6.42 Å². The monoisotopic (exact) mass is 387 g/mol. The van der Waals surface area contributed by atoms with Crippen molar-refractivity contribution in [3.8, 4) is 0 Å². The van der Waals surface area contributed by atoms with E-state index < -0.39 is 23.9 Å². The van der Waals surface area contributed by atoms with E-state index in [1.807, 2.05) is 0 Å². The van der Waals surface area contributed by atoms with Gasteiger partial charge < -0.3 is 28.0 Å². The molecule has 0 aliphatic heterocycles. The van der Waals surface area contributed by atoms with Crippen molar-refractivity contribution < 1.29 is 66.2 Å². The summed E-state index contributed by atoms with van der Waals surface area (Å²) in [5, 5.41) is 8.50. The standard InChI is InChI=1S/C17H31NO5.ClH.Na/c1-2-3-4-5-6-7-8-9-10-11-16(21)23-17(22)14(18)12-13-15(19)20;;/h14H,2-13,18H2,1H3,(H,19,20);1H;/q;;+1/p-1/t14-;;/m0../s1. The second kappa shape index (κ2) is 20.2. The molecule has 3 N–H and O–H groups in total. The summed E-state index contributed by atoms with van der Waals surface area (Å²) in [4.78, 5) is 33.3. The van der Waals surface area contributed by atoms with E-state index >= 15 is 0 Å². The van der Waals surface area contributed by atoms with Gasteiger partial charge in [-0.05, 0) is 12.8 Å². The third-order valence-electron chi connectivity index (χ3n) is 3.67. The molecule has 0 fully saturated rings. The number of hydrogen-bond acceptors (Lipinski definition) is 5. The van der Waals surface area contributed by atoms with Crippen molar-refractivity contribution in [3.63, 3.8) is 0 Å². The summed E-state index contributed by atoms with van der Waals surface area (Å²) in [5.41, 5.74) is 5.47. The fourth-order valence-corrected chi connectivity index (χ4v) is 2.22. The number of carbonyl (C=O) groups is 3. The van der Waals surface area contributed by atoms with Crippen LogP contribution in [0.15, 0.2) is 0 Å². The summed E-state index contributed by atoms with van der Waals surface area (Å²) < 4.78 is 4.62. The fraction of sp³-hybridized carbons (Fsp3) is 0.824. The van der Waals surface area contributed by atoms with Gasteiger partial charge in [-0.1, -0.05) is 58.3 Å². The predicted octanol–water partition coefficient (Wildman–Crippen LogP) is -2.82. The van der Waals surface area contributed by atoms with Gasteiger partial charge in [0.05, 0.1) is 0 Å². The third-order valence-corrected chi connectivity index (χ3v) is 3.67. The first-order valence-electron chi connectivity index (χ1n) is 8.69. The molecule has 0 bridgehead atoms. The Morgan fingerprint density at radius 2 is 1.40 bits per heavy atom. The number of nitrogens with two attached hydrogens (primary N) is 1. The van der Waals surface area contributed by atoms with Crippen LogP contribution >= 0.6 is 0 Å². The SMILES string of the molecule is CCCCCCCCCCCC(=O)OC(=O)[C@@H](N)CCC(=O)O.[Cl-].[Na+]. The third kappa shape index (κ3) is 20.0. The van der Waals surface area contributed by atoms with Crippen molar-refractivity contribution in [2.45, 2.75) is 90.0 Å². The molecule has 0 amide bonds. The zero-order chi connectivity index (χ0) is 17.5. The number of carboxylic acids is 1. The number of esters is 2. The van der Waals surface area contributed by atoms with E-state index in [4.69, 9.17) is 10.8 Å². The second-order valence-electron chi connectivity index (χ2n) is 5.91. The first-order chi connectivity index (χ1) is 11.0. The Bertz CT molecular complexity index is 369. The number of unbranched alkanes of at least 4 members (excludes halogenated alkanes) is 8. The Hall–Kier alpha value is -0.140. The van der Waals surface area contributed by atoms with Gasteiger partial charge in [-0.25, -0.2) is 4.79 Å². The molecule has 25 heavy (non-hydrogen) atoms. The van der Waals surface area contributed by atoms with Gasteiger partial charge in [0.15, 0.2) is 0 Å². The number of carbonyl (C=O) groups excluding carboxylic acids is 2. The van der Waals surface area contributed by atoms with Crippen LogP contribution in [0.25, 0.3) is 0 Å². The van der Waals surface area contributed by atoms with Crippen LogP contribution in [0.4, 0.5) is 0 Å². The van der Waals surface area contributed by atoms with Gasteiger partial charge in [0.25, 0.3) is 0 Å². The Morgan fingerprint density at radius 1 is 0.920 bits per heavy atom. The van der Waals surface area contributed by atoms with Crippen LogP contribution in [-0.2, 0) is 19.1 Å². The Balaban J connectivity index is -0.00000242. The molecular weight excluding hydrogens is 357 g/mol. The second-order valence-corrected chi connectivity index (χ2v) is 5.91. The van der Waals surface area contributed by atoms with Crippen LogP contribution in [0.1, 0.15) is 84.0 Å². The maximum absolute atomic E-state index is 11.5. The predicted molar refractivity (Wildman–Crippen MR) is 87.8 cm³/mol. The topological polar surface area (TPSA) is 107 Å². The van der Waals surface area contributed by atoms with E-state index in [1.165, 1.54) is 38.5 Å². The molecule has 0 rings (SSSR count). The molecule has 6 nitrogen and oxygen atoms in total. The first kappa shape index (κ1) is 29.6. The molecule has 8 heteroatoms. The van der Waals surface area contributed by atoms with Crippen molar-refractivity contribution >= 4 is 17.9 Å². The van der Waals surface area contributed by atoms with Crippen LogP contribution in [0.5, 0.6) is 0 Å². The molecule has 0 unspecified atom stereocenters. The maximum atomic E-state index is 11.5. The molecule has 0 saturated heterocycles. The Labute approximate surface area is 179 Å². The van der Waals surface area contributed by atoms with Crippen LogP contribution < -0.4 is 47.7 Å². The smallest absolute Gasteiger partial charge is 1.00 e. The van der Waals surface area contributed by atoms with Crippen molar-refractivity contribution in [3.05, 3.63) is 0 Å². The van der Waals surface area contributed by atoms with Crippen LogP contribution in [0, 0.1) is 0 Å². The van der Waals surface area contributed by atoms with Crippen LogP contribution in [0.2, 0.25) is 0 Å². The summed E-state index contributed by atoms with van der Waals surface area (Å²) in [6.45, 7) is 2.20. The van der Waals surface area contributed by atoms with E-state index in [0.717, 1.165) is 12.8 Å². The number of carboxylic acid groups (broad SMARTS) is 1. The molecule has 0 saturated carbocycles. The van der Waals surface area contributed by atoms with E-state index in [9.17, 15) is 14.4 Å². The zero-order valence-electron chi connectivity index (χ0n) is 15.6. The molecule has 0 aromatic heterocycles. The molecule has 0 heterocycles. The normalized spacial score (nSPS) is 11.0. The number of halogens is 1. The van der Waals surface area contributed by atoms with Crippen molar-refractivity contribution in [2.24, 2.45) is 5.73 Å². The van der Waals surface area contributed by atoms with Gasteiger partial charge in [0.2, 0.25) is 0 Å². The number of hydrogen-bond donors (Lipinski definition) is 2. The molecule has 0 spiro atoms. The fourth-order valence-electron chi connectivity index (χ4n) is 2.22. The van der Waals surface area contributed by atoms with E-state index in [1.54, 1.807) is 0 Å². The zero-order valence-corrected chi connectivity index (χ0v) is 18.4. The molecule has 0 aliphatic rings. The summed E-state index contributed by atoms with van der Waals surface area (Å²) in [6.07, 6.45) is 10.2. The van der Waals surface area contributed by atoms with E-state index in [-0.39, 0.29) is 61.2 Å². The Morgan fingerprint density at radius 3 is 1.88 bits per heavy atom. The van der Waals surface area contributed by atoms with Crippen molar-refractivity contribution in [1.82, 2.24) is 0 Å². The number of rotatable bonds is 14. The first-order valence-corrected chi connectivity index (χ1v) is 8.69. The van der Waals surface area contributed by atoms with Gasteiger partial charge in [-0.3, -0.25) is 9.59 Å². The van der Waals surface area contributed by atoms with Gasteiger partial charge in [-0.2, -0.15) is 0 Å². The molecular formula is C17H31ClNNaO5. The maximum Gasteiger partial charge on any atom is 1.00 e. The average Bonchev–Trinajstić information content (AvgIpc) is 2.50. The van der Waals surface area contributed by atoms with Crippen LogP contribution in [-0.4, -0.2) is 29.1 Å². The molecule has 0 aliphatic carbocycles. The minimum absolute atomic E-state index is 0. The quantitative estimate of drug-likeness (QED) is 0.144. The Kier molecular flexibility index (Phi) is 23.9. The van der Waals surface area contributed by atoms with E-state index in [2.05, 4.69) is 11.7 Å². The van der Waals surface area contributed by atoms with Gasteiger partial charge in [0.1, 0.15) is 6.04 Å². The molecule has 1 atom stereocenters. The molecule has 0 radical (unpaired) electrons. The van der Waals surface area contributed by atoms with Gasteiger partial charge in [0, 0.05) is 12.8 Å². The number of aliphatic carboxylic acids is 1. The van der Waals surface area contributed by atoms with Crippen molar-refractivity contribution in [1.29, 1.82) is 0 Å². The summed E-state index contributed by atoms with van der Waals surface area (Å²) in [7, 11) is 0. The average molecular weight is 388 g/mol. The minimum Gasteiger partial charge on any atom is -1.00 e.